The molecule has 2 amide bonds. The van der Waals surface area contributed by atoms with E-state index < -0.39 is 0 Å². The number of anilines is 1. The molecule has 8 heteroatoms. The van der Waals surface area contributed by atoms with Crippen molar-refractivity contribution >= 4 is 34.3 Å². The van der Waals surface area contributed by atoms with E-state index in [0.29, 0.717) is 5.56 Å². The SMILES string of the molecule is C.C.C.C.C.CC.CC.CC.CC.CC.CC.CC(=O)Nc1ccccc1.CCc1ccnc(C)c1.CCc1ccnc(C)c1.CNC(=O)c1ccccc1.[2HH].[2HH].[B].[B]. The second-order valence-electron chi connectivity index (χ2n) is 8.31. The van der Waals surface area contributed by atoms with Crippen LogP contribution in [0.25, 0.3) is 0 Å². The van der Waals surface area contributed by atoms with Crippen LogP contribution in [0.1, 0.15) is 177 Å². The lowest BCUT2D eigenvalue weighted by atomic mass is 10.2. The number of amides is 2. The molecule has 0 aliphatic carbocycles. The fourth-order valence-corrected chi connectivity index (χ4v) is 3.11. The molecular formula is C49H100B2N4O2. The van der Waals surface area contributed by atoms with E-state index in [2.05, 4.69) is 46.6 Å². The van der Waals surface area contributed by atoms with Gasteiger partial charge >= 0.3 is 0 Å². The van der Waals surface area contributed by atoms with Crippen molar-refractivity contribution in [3.05, 3.63) is 125 Å². The molecule has 2 aromatic heterocycles. The Labute approximate surface area is 366 Å². The number of carbonyl (C=O) groups is 2. The monoisotopic (exact) mass is 801 g/mol. The van der Waals surface area contributed by atoms with Gasteiger partial charge in [0.2, 0.25) is 5.91 Å². The van der Waals surface area contributed by atoms with E-state index in [1.165, 1.54) is 18.1 Å². The van der Waals surface area contributed by atoms with Gasteiger partial charge in [0.25, 0.3) is 5.91 Å². The minimum absolute atomic E-state index is 0. The summed E-state index contributed by atoms with van der Waals surface area (Å²) in [6, 6.07) is 26.8. The van der Waals surface area contributed by atoms with Crippen LogP contribution in [0.3, 0.4) is 0 Å². The summed E-state index contributed by atoms with van der Waals surface area (Å²) in [6.07, 6.45) is 5.91. The highest BCUT2D eigenvalue weighted by molar-refractivity contribution is 5.93. The van der Waals surface area contributed by atoms with E-state index in [1.54, 1.807) is 19.2 Å². The van der Waals surface area contributed by atoms with Crippen molar-refractivity contribution in [2.24, 2.45) is 0 Å². The number of rotatable bonds is 4. The summed E-state index contributed by atoms with van der Waals surface area (Å²) < 4.78 is 0. The summed E-state index contributed by atoms with van der Waals surface area (Å²) in [4.78, 5) is 29.6. The second kappa shape index (κ2) is 76.5. The molecule has 6 nitrogen and oxygen atoms in total. The Hall–Kier alpha value is -4.19. The van der Waals surface area contributed by atoms with Crippen molar-refractivity contribution in [2.75, 3.05) is 12.4 Å². The fraction of sp³-hybridized carbons (Fsp3) is 0.510. The molecule has 0 fully saturated rings. The molecule has 334 valence electrons. The third-order valence-electron chi connectivity index (χ3n) is 5.10. The van der Waals surface area contributed by atoms with Crippen LogP contribution in [0, 0.1) is 13.8 Å². The number of carbonyl (C=O) groups excluding carboxylic acids is 2. The van der Waals surface area contributed by atoms with Crippen LogP contribution in [0.4, 0.5) is 5.69 Å². The molecule has 2 heterocycles. The first-order valence-electron chi connectivity index (χ1n) is 18.7. The van der Waals surface area contributed by atoms with Gasteiger partial charge in [-0.25, -0.2) is 0 Å². The minimum Gasteiger partial charge on any atom is -0.355 e. The van der Waals surface area contributed by atoms with E-state index in [1.807, 2.05) is 170 Å². The molecule has 0 atom stereocenters. The topological polar surface area (TPSA) is 84.0 Å². The summed E-state index contributed by atoms with van der Waals surface area (Å²) >= 11 is 0. The predicted molar refractivity (Wildman–Crippen MR) is 275 cm³/mol. The van der Waals surface area contributed by atoms with E-state index >= 15 is 0 Å². The van der Waals surface area contributed by atoms with Crippen molar-refractivity contribution in [1.82, 2.24) is 15.3 Å². The molecule has 2 N–H and O–H groups in total. The highest BCUT2D eigenvalue weighted by Gasteiger charge is 1.98. The summed E-state index contributed by atoms with van der Waals surface area (Å²) in [7, 11) is 1.62. The number of hydrogen-bond donors (Lipinski definition) is 2. The number of aryl methyl sites for hydroxylation is 4. The molecule has 0 saturated carbocycles. The smallest absolute Gasteiger partial charge is 0.251 e. The molecule has 0 saturated heterocycles. The van der Waals surface area contributed by atoms with Gasteiger partial charge in [0, 0.05) is 68.7 Å². The molecular weight excluding hydrogens is 698 g/mol. The summed E-state index contributed by atoms with van der Waals surface area (Å²) in [5.41, 5.74) is 6.48. The van der Waals surface area contributed by atoms with Crippen LogP contribution in [0.2, 0.25) is 0 Å². The molecule has 0 bridgehead atoms. The normalized spacial score (nSPS) is 6.77. The van der Waals surface area contributed by atoms with Crippen molar-refractivity contribution < 1.29 is 12.4 Å². The Kier molecular flexibility index (Phi) is 120. The third kappa shape index (κ3) is 61.3. The van der Waals surface area contributed by atoms with Crippen molar-refractivity contribution in [3.8, 4) is 0 Å². The van der Waals surface area contributed by atoms with Crippen LogP contribution >= 0.6 is 0 Å². The van der Waals surface area contributed by atoms with E-state index in [9.17, 15) is 9.59 Å². The maximum Gasteiger partial charge on any atom is 0.251 e. The van der Waals surface area contributed by atoms with Gasteiger partial charge in [0.1, 0.15) is 0 Å². The van der Waals surface area contributed by atoms with E-state index in [0.717, 1.165) is 29.9 Å². The minimum atomic E-state index is -0.0411. The molecule has 0 aliphatic heterocycles. The van der Waals surface area contributed by atoms with Gasteiger partial charge in [-0.15, -0.1) is 0 Å². The van der Waals surface area contributed by atoms with Crippen molar-refractivity contribution in [1.29, 1.82) is 0 Å². The van der Waals surface area contributed by atoms with Crippen molar-refractivity contribution in [2.45, 2.75) is 168 Å². The summed E-state index contributed by atoms with van der Waals surface area (Å²) in [5, 5.41) is 5.21. The van der Waals surface area contributed by atoms with Gasteiger partial charge in [-0.2, -0.15) is 0 Å². The summed E-state index contributed by atoms with van der Waals surface area (Å²) in [6.45, 7) is 33.8. The Morgan fingerprint density at radius 3 is 1.07 bits per heavy atom. The van der Waals surface area contributed by atoms with Crippen LogP contribution in [-0.4, -0.2) is 45.7 Å². The zero-order valence-electron chi connectivity index (χ0n) is 36.5. The number of nitrogens with zero attached hydrogens (tertiary/aromatic N) is 2. The van der Waals surface area contributed by atoms with Crippen LogP contribution < -0.4 is 10.6 Å². The second-order valence-corrected chi connectivity index (χ2v) is 8.31. The summed E-state index contributed by atoms with van der Waals surface area (Å²) in [5.74, 6) is -0.0770. The standard InChI is InChI=1S/2C8H9NO.2C8H11N.6C2H6.5CH4.2B.2H2/c1-9-8(10)7-5-3-2-4-6-7;1-7(10)9-8-5-3-2-4-6-8;2*1-3-8-4-5-9-7(2)6-8;6*1-2;;;;;;;;;/h2*2-6H,1H3,(H,9,10);2*4-6H,3H2,1-2H3;6*1-2H3;5*1H4;;;2*1H/i;;;;;;;;;;;;;;;;;2*1+1. The largest absolute Gasteiger partial charge is 0.355 e. The first-order valence-corrected chi connectivity index (χ1v) is 18.7. The highest BCUT2D eigenvalue weighted by Crippen LogP contribution is 2.04. The third-order valence-corrected chi connectivity index (χ3v) is 5.10. The zero-order chi connectivity index (χ0) is 40.2. The number of pyridine rings is 2. The Morgan fingerprint density at radius 2 is 0.842 bits per heavy atom. The maximum absolute atomic E-state index is 10.9. The van der Waals surface area contributed by atoms with Gasteiger partial charge in [0.15, 0.2) is 0 Å². The molecule has 2 aromatic carbocycles. The Balaban J connectivity index is -0.0000000296. The average molecular weight is 801 g/mol. The first kappa shape index (κ1) is 89.4. The van der Waals surface area contributed by atoms with Crippen LogP contribution in [0.15, 0.2) is 97.3 Å². The lowest BCUT2D eigenvalue weighted by Gasteiger charge is -1.98. The van der Waals surface area contributed by atoms with Gasteiger partial charge in [-0.3, -0.25) is 19.6 Å². The fourth-order valence-electron chi connectivity index (χ4n) is 3.11. The Bertz CT molecular complexity index is 1200. The maximum atomic E-state index is 10.9. The van der Waals surface area contributed by atoms with Crippen LogP contribution in [0.5, 0.6) is 0 Å². The molecule has 6 radical (unpaired) electrons. The van der Waals surface area contributed by atoms with E-state index in [4.69, 9.17) is 0 Å². The van der Waals surface area contributed by atoms with Gasteiger partial charge in [-0.05, 0) is 86.3 Å². The Morgan fingerprint density at radius 1 is 0.544 bits per heavy atom. The van der Waals surface area contributed by atoms with Crippen LogP contribution in [-0.2, 0) is 17.6 Å². The van der Waals surface area contributed by atoms with Gasteiger partial charge in [0.05, 0.1) is 0 Å². The molecule has 0 aliphatic rings. The van der Waals surface area contributed by atoms with E-state index in [-0.39, 0.29) is 68.6 Å². The molecule has 0 unspecified atom stereocenters. The number of benzene rings is 2. The number of para-hydroxylation sites is 1. The van der Waals surface area contributed by atoms with Crippen molar-refractivity contribution in [3.63, 3.8) is 0 Å². The lowest BCUT2D eigenvalue weighted by molar-refractivity contribution is -0.114. The first-order chi connectivity index (χ1) is 24.3. The average Bonchev–Trinajstić information content (AvgIpc) is 3.20. The zero-order valence-corrected chi connectivity index (χ0v) is 36.5. The number of aromatic nitrogens is 2. The van der Waals surface area contributed by atoms with Gasteiger partial charge < -0.3 is 10.6 Å². The lowest BCUT2D eigenvalue weighted by Crippen LogP contribution is -2.17. The highest BCUT2D eigenvalue weighted by atomic mass is 16.2. The molecule has 57 heavy (non-hydrogen) atoms. The molecule has 4 aromatic rings. The quantitative estimate of drug-likeness (QED) is 0.201. The predicted octanol–water partition coefficient (Wildman–Crippen LogP) is 15.7. The molecule has 0 spiro atoms. The number of nitrogens with one attached hydrogen (secondary N) is 2. The molecule has 4 rings (SSSR count). The number of hydrogen-bond acceptors (Lipinski definition) is 4. The van der Waals surface area contributed by atoms with Gasteiger partial charge in [-0.1, -0.05) is 170 Å².